The Morgan fingerprint density at radius 3 is 2.25 bits per heavy atom. The zero-order valence-corrected chi connectivity index (χ0v) is 6.36. The second-order valence-corrected chi connectivity index (χ2v) is 2.86. The third kappa shape index (κ3) is 2.60. The normalized spacial score (nSPS) is 17.6. The summed E-state index contributed by atoms with van der Waals surface area (Å²) in [6.07, 6.45) is -2.86. The van der Waals surface area contributed by atoms with Crippen molar-refractivity contribution >= 4 is 5.96 Å². The molecule has 0 radical (unpaired) electrons. The molecule has 0 aromatic heterocycles. The Hall–Kier alpha value is -0.940. The Labute approximate surface area is 67.8 Å². The fourth-order valence-electron chi connectivity index (χ4n) is 0.990. The summed E-state index contributed by atoms with van der Waals surface area (Å²) in [5, 5.41) is 6.91. The molecule has 0 atom stereocenters. The van der Waals surface area contributed by atoms with Gasteiger partial charge in [0.2, 0.25) is 0 Å². The Morgan fingerprint density at radius 1 is 1.50 bits per heavy atom. The summed E-state index contributed by atoms with van der Waals surface area (Å²) < 4.78 is 35.6. The molecule has 0 heterocycles. The monoisotopic (exact) mass is 181 g/mol. The van der Waals surface area contributed by atoms with Crippen LogP contribution in [0.4, 0.5) is 13.2 Å². The van der Waals surface area contributed by atoms with Crippen LogP contribution >= 0.6 is 0 Å². The molecule has 0 aromatic carbocycles. The molecule has 12 heavy (non-hydrogen) atoms. The van der Waals surface area contributed by atoms with E-state index < -0.39 is 18.7 Å². The molecule has 1 aliphatic rings. The highest BCUT2D eigenvalue weighted by atomic mass is 19.4. The Morgan fingerprint density at radius 2 is 2.00 bits per heavy atom. The van der Waals surface area contributed by atoms with Gasteiger partial charge in [0.15, 0.2) is 5.96 Å². The van der Waals surface area contributed by atoms with Crippen LogP contribution in [0.15, 0.2) is 0 Å². The van der Waals surface area contributed by atoms with Gasteiger partial charge in [-0.2, -0.15) is 13.2 Å². The summed E-state index contributed by atoms with van der Waals surface area (Å²) in [6, 6.07) is -0.163. The van der Waals surface area contributed by atoms with Gasteiger partial charge < -0.3 is 10.6 Å². The maximum Gasteiger partial charge on any atom is 0.406 e. The van der Waals surface area contributed by atoms with E-state index in [0.29, 0.717) is 12.8 Å². The van der Waals surface area contributed by atoms with Crippen LogP contribution in [0.1, 0.15) is 12.8 Å². The summed E-state index contributed by atoms with van der Waals surface area (Å²) >= 11 is 0. The van der Waals surface area contributed by atoms with E-state index in [1.54, 1.807) is 0 Å². The number of hydrogen-bond acceptors (Lipinski definition) is 1. The van der Waals surface area contributed by atoms with Crippen molar-refractivity contribution in [2.24, 2.45) is 5.73 Å². The van der Waals surface area contributed by atoms with E-state index in [1.165, 1.54) is 0 Å². The van der Waals surface area contributed by atoms with E-state index in [1.807, 2.05) is 0 Å². The molecule has 1 fully saturated rings. The van der Waals surface area contributed by atoms with E-state index >= 15 is 0 Å². The lowest BCUT2D eigenvalue weighted by molar-refractivity contribution is -0.139. The highest BCUT2D eigenvalue weighted by Crippen LogP contribution is 2.29. The maximum absolute atomic E-state index is 11.9. The summed E-state index contributed by atoms with van der Waals surface area (Å²) in [7, 11) is 0. The lowest BCUT2D eigenvalue weighted by atomic mass is 10.5. The highest BCUT2D eigenvalue weighted by molar-refractivity contribution is 5.75. The molecule has 0 unspecified atom stereocenters. The first-order chi connectivity index (χ1) is 5.40. The van der Waals surface area contributed by atoms with Gasteiger partial charge in [0.05, 0.1) is 0 Å². The van der Waals surface area contributed by atoms with Crippen molar-refractivity contribution in [2.45, 2.75) is 25.1 Å². The van der Waals surface area contributed by atoms with Gasteiger partial charge in [0, 0.05) is 6.04 Å². The molecule has 3 nitrogen and oxygen atoms in total. The van der Waals surface area contributed by atoms with Crippen LogP contribution in [-0.2, 0) is 0 Å². The SMILES string of the molecule is N=C(N)N(CC(F)(F)F)C1CC1. The van der Waals surface area contributed by atoms with Crippen LogP contribution in [0.2, 0.25) is 0 Å². The molecular weight excluding hydrogens is 171 g/mol. The van der Waals surface area contributed by atoms with Crippen LogP contribution < -0.4 is 5.73 Å². The van der Waals surface area contributed by atoms with Crippen molar-refractivity contribution in [1.29, 1.82) is 5.41 Å². The van der Waals surface area contributed by atoms with Gasteiger partial charge in [-0.3, -0.25) is 5.41 Å². The number of rotatable bonds is 2. The number of alkyl halides is 3. The topological polar surface area (TPSA) is 53.1 Å². The summed E-state index contributed by atoms with van der Waals surface area (Å²) in [5.74, 6) is -0.491. The number of nitrogens with zero attached hydrogens (tertiary/aromatic N) is 1. The van der Waals surface area contributed by atoms with Crippen LogP contribution in [-0.4, -0.2) is 29.6 Å². The average Bonchev–Trinajstić information content (AvgIpc) is 2.61. The Kier molecular flexibility index (Phi) is 2.16. The van der Waals surface area contributed by atoms with Crippen LogP contribution in [0.5, 0.6) is 0 Å². The Bertz CT molecular complexity index is 185. The average molecular weight is 181 g/mol. The fourth-order valence-corrected chi connectivity index (χ4v) is 0.990. The van der Waals surface area contributed by atoms with Crippen LogP contribution in [0.3, 0.4) is 0 Å². The van der Waals surface area contributed by atoms with Crippen molar-refractivity contribution in [3.8, 4) is 0 Å². The number of halogens is 3. The lowest BCUT2D eigenvalue weighted by Crippen LogP contribution is -2.43. The molecule has 70 valence electrons. The minimum atomic E-state index is -4.27. The molecule has 0 bridgehead atoms. The molecule has 1 saturated carbocycles. The number of nitrogens with two attached hydrogens (primary N) is 1. The van der Waals surface area contributed by atoms with Gasteiger partial charge in [0.25, 0.3) is 0 Å². The first-order valence-electron chi connectivity index (χ1n) is 3.57. The first-order valence-corrected chi connectivity index (χ1v) is 3.57. The molecule has 0 aromatic rings. The lowest BCUT2D eigenvalue weighted by Gasteiger charge is -2.23. The number of nitrogens with one attached hydrogen (secondary N) is 1. The summed E-state index contributed by atoms with van der Waals surface area (Å²) in [5.41, 5.74) is 4.99. The molecule has 0 amide bonds. The highest BCUT2D eigenvalue weighted by Gasteiger charge is 2.38. The molecule has 6 heteroatoms. The van der Waals surface area contributed by atoms with E-state index in [2.05, 4.69) is 0 Å². The van der Waals surface area contributed by atoms with E-state index in [9.17, 15) is 13.2 Å². The molecule has 0 aliphatic heterocycles. The molecule has 1 aliphatic carbocycles. The number of hydrogen-bond donors (Lipinski definition) is 2. The second kappa shape index (κ2) is 2.84. The number of guanidine groups is 1. The van der Waals surface area contributed by atoms with Gasteiger partial charge in [-0.15, -0.1) is 0 Å². The van der Waals surface area contributed by atoms with Crippen LogP contribution in [0, 0.1) is 5.41 Å². The van der Waals surface area contributed by atoms with E-state index in [0.717, 1.165) is 4.90 Å². The predicted octanol–water partition coefficient (Wildman–Crippen LogP) is 0.907. The zero-order valence-electron chi connectivity index (χ0n) is 6.36. The molecule has 0 spiro atoms. The van der Waals surface area contributed by atoms with Crippen molar-refractivity contribution in [2.75, 3.05) is 6.54 Å². The van der Waals surface area contributed by atoms with Crippen molar-refractivity contribution in [1.82, 2.24) is 4.90 Å². The quantitative estimate of drug-likeness (QED) is 0.491. The summed E-state index contributed by atoms with van der Waals surface area (Å²) in [6.45, 7) is -1.10. The zero-order chi connectivity index (χ0) is 9.35. The fraction of sp³-hybridized carbons (Fsp3) is 0.833. The largest absolute Gasteiger partial charge is 0.406 e. The standard InChI is InChI=1S/C6H10F3N3/c7-6(8,9)3-12(5(10)11)4-1-2-4/h4H,1-3H2,(H3,10,11). The minimum absolute atomic E-state index is 0.163. The van der Waals surface area contributed by atoms with E-state index in [-0.39, 0.29) is 6.04 Å². The molecule has 0 saturated heterocycles. The van der Waals surface area contributed by atoms with Gasteiger partial charge in [-0.05, 0) is 12.8 Å². The van der Waals surface area contributed by atoms with Crippen LogP contribution in [0.25, 0.3) is 0 Å². The third-order valence-electron chi connectivity index (χ3n) is 1.65. The smallest absolute Gasteiger partial charge is 0.370 e. The van der Waals surface area contributed by atoms with Gasteiger partial charge in [-0.25, -0.2) is 0 Å². The summed E-state index contributed by atoms with van der Waals surface area (Å²) in [4.78, 5) is 0.889. The van der Waals surface area contributed by atoms with E-state index in [4.69, 9.17) is 11.1 Å². The van der Waals surface area contributed by atoms with Gasteiger partial charge >= 0.3 is 6.18 Å². The third-order valence-corrected chi connectivity index (χ3v) is 1.65. The molecule has 3 N–H and O–H groups in total. The molecule has 1 rings (SSSR count). The predicted molar refractivity (Wildman–Crippen MR) is 37.7 cm³/mol. The minimum Gasteiger partial charge on any atom is -0.370 e. The Balaban J connectivity index is 2.49. The second-order valence-electron chi connectivity index (χ2n) is 2.86. The first kappa shape index (κ1) is 9.15. The maximum atomic E-state index is 11.9. The van der Waals surface area contributed by atoms with Gasteiger partial charge in [0.1, 0.15) is 6.54 Å². The van der Waals surface area contributed by atoms with Crippen molar-refractivity contribution in [3.05, 3.63) is 0 Å². The molecular formula is C6H10F3N3. The van der Waals surface area contributed by atoms with Crippen molar-refractivity contribution < 1.29 is 13.2 Å². The van der Waals surface area contributed by atoms with Gasteiger partial charge in [-0.1, -0.05) is 0 Å². The van der Waals surface area contributed by atoms with Crippen molar-refractivity contribution in [3.63, 3.8) is 0 Å².